The number of aryl methyl sites for hydroxylation is 1. The minimum Gasteiger partial charge on any atom is -0.326 e. The van der Waals surface area contributed by atoms with Crippen LogP contribution in [0.5, 0.6) is 0 Å². The maximum absolute atomic E-state index is 13.2. The number of carbonyl (C=O) groups is 1. The number of nitrogens with one attached hydrogen (secondary N) is 1. The second-order valence-electron chi connectivity index (χ2n) is 7.33. The van der Waals surface area contributed by atoms with Crippen molar-refractivity contribution in [2.24, 2.45) is 0 Å². The van der Waals surface area contributed by atoms with E-state index < -0.39 is 25.1 Å². The Morgan fingerprint density at radius 2 is 1.76 bits per heavy atom. The van der Waals surface area contributed by atoms with E-state index in [1.54, 1.807) is 36.4 Å². The lowest BCUT2D eigenvalue weighted by molar-refractivity contribution is -0.116. The van der Waals surface area contributed by atoms with Crippen molar-refractivity contribution >= 4 is 31.5 Å². The summed E-state index contributed by atoms with van der Waals surface area (Å²) in [6, 6.07) is 13.6. The van der Waals surface area contributed by atoms with Crippen molar-refractivity contribution in [3.05, 3.63) is 59.7 Å². The van der Waals surface area contributed by atoms with E-state index in [0.29, 0.717) is 24.1 Å². The van der Waals surface area contributed by atoms with E-state index in [-0.39, 0.29) is 36.1 Å². The molecular formula is C20H22N2O5S2. The highest BCUT2D eigenvalue weighted by Gasteiger charge is 2.35. The molecule has 2 aliphatic heterocycles. The van der Waals surface area contributed by atoms with Gasteiger partial charge in [-0.05, 0) is 42.2 Å². The number of rotatable bonds is 3. The molecule has 1 N–H and O–H groups in total. The lowest BCUT2D eigenvalue weighted by Crippen LogP contribution is -2.33. The molecule has 7 nitrogen and oxygen atoms in total. The van der Waals surface area contributed by atoms with Gasteiger partial charge >= 0.3 is 0 Å². The van der Waals surface area contributed by atoms with Crippen molar-refractivity contribution in [3.63, 3.8) is 0 Å². The minimum absolute atomic E-state index is 0.0676. The molecule has 2 heterocycles. The Bertz CT molecular complexity index is 1140. The second kappa shape index (κ2) is 7.55. The summed E-state index contributed by atoms with van der Waals surface area (Å²) >= 11 is 0. The first kappa shape index (κ1) is 20.1. The van der Waals surface area contributed by atoms with Crippen LogP contribution in [0.25, 0.3) is 0 Å². The van der Waals surface area contributed by atoms with E-state index >= 15 is 0 Å². The fraction of sp³-hybridized carbons (Fsp3) is 0.350. The van der Waals surface area contributed by atoms with E-state index in [9.17, 15) is 21.6 Å². The number of fused-ring (bicyclic) bond motifs is 1. The number of nitrogens with zero attached hydrogens (tertiary/aromatic N) is 1. The number of anilines is 1. The van der Waals surface area contributed by atoms with Crippen LogP contribution in [-0.4, -0.2) is 45.9 Å². The first-order valence-corrected chi connectivity index (χ1v) is 12.6. The molecule has 1 saturated heterocycles. The number of hydrogen-bond donors (Lipinski definition) is 1. The SMILES string of the molecule is O=C1CCc2cc(S(=O)(=O)N3CCC(c4ccccc4)S(=O)(=O)CC3)ccc2N1. The van der Waals surface area contributed by atoms with Crippen LogP contribution in [0.1, 0.15) is 29.2 Å². The molecule has 2 aromatic rings. The third kappa shape index (κ3) is 3.94. The Morgan fingerprint density at radius 3 is 2.52 bits per heavy atom. The summed E-state index contributed by atoms with van der Waals surface area (Å²) in [6.45, 7) is 0.0662. The predicted octanol–water partition coefficient (Wildman–Crippen LogP) is 2.12. The second-order valence-corrected chi connectivity index (χ2v) is 11.6. The molecule has 0 aliphatic carbocycles. The highest BCUT2D eigenvalue weighted by Crippen LogP contribution is 2.32. The quantitative estimate of drug-likeness (QED) is 0.798. The molecule has 0 saturated carbocycles. The number of hydrogen-bond acceptors (Lipinski definition) is 5. The van der Waals surface area contributed by atoms with Gasteiger partial charge in [-0.2, -0.15) is 4.31 Å². The Kier molecular flexibility index (Phi) is 5.22. The highest BCUT2D eigenvalue weighted by atomic mass is 32.2. The van der Waals surface area contributed by atoms with E-state index in [2.05, 4.69) is 5.32 Å². The van der Waals surface area contributed by atoms with Gasteiger partial charge in [0.25, 0.3) is 0 Å². The van der Waals surface area contributed by atoms with Gasteiger partial charge in [0.2, 0.25) is 15.9 Å². The van der Waals surface area contributed by atoms with Crippen molar-refractivity contribution in [1.29, 1.82) is 0 Å². The molecule has 1 fully saturated rings. The average molecular weight is 435 g/mol. The normalized spacial score (nSPS) is 22.3. The molecule has 0 bridgehead atoms. The Balaban J connectivity index is 1.61. The third-order valence-electron chi connectivity index (χ3n) is 5.48. The predicted molar refractivity (Wildman–Crippen MR) is 110 cm³/mol. The number of amides is 1. The molecule has 0 aromatic heterocycles. The Labute approximate surface area is 170 Å². The first-order valence-electron chi connectivity index (χ1n) is 9.47. The molecule has 2 aliphatic rings. The molecule has 29 heavy (non-hydrogen) atoms. The zero-order valence-electron chi connectivity index (χ0n) is 15.7. The van der Waals surface area contributed by atoms with E-state index in [1.807, 2.05) is 6.07 Å². The monoisotopic (exact) mass is 434 g/mol. The van der Waals surface area contributed by atoms with Crippen molar-refractivity contribution < 1.29 is 21.6 Å². The molecule has 154 valence electrons. The van der Waals surface area contributed by atoms with Gasteiger partial charge in [0, 0.05) is 25.2 Å². The van der Waals surface area contributed by atoms with E-state index in [0.717, 1.165) is 5.56 Å². The van der Waals surface area contributed by atoms with Crippen LogP contribution in [0, 0.1) is 0 Å². The summed E-state index contributed by atoms with van der Waals surface area (Å²) in [5.74, 6) is -0.301. The van der Waals surface area contributed by atoms with Crippen molar-refractivity contribution in [2.45, 2.75) is 29.4 Å². The largest absolute Gasteiger partial charge is 0.326 e. The fourth-order valence-corrected chi connectivity index (χ4v) is 7.29. The standard InChI is InChI=1S/C20H22N2O5S2/c23-20-9-6-16-14-17(7-8-18(16)21-20)29(26,27)22-11-10-19(28(24,25)13-12-22)15-4-2-1-3-5-15/h1-5,7-8,14,19H,6,9-13H2,(H,21,23). The Morgan fingerprint density at radius 1 is 1.00 bits per heavy atom. The molecule has 9 heteroatoms. The molecule has 1 amide bonds. The Hall–Kier alpha value is -2.23. The summed E-state index contributed by atoms with van der Waals surface area (Å²) in [7, 11) is -7.29. The lowest BCUT2D eigenvalue weighted by atomic mass is 10.0. The van der Waals surface area contributed by atoms with Crippen LogP contribution in [0.4, 0.5) is 5.69 Å². The highest BCUT2D eigenvalue weighted by molar-refractivity contribution is 7.92. The average Bonchev–Trinajstić information content (AvgIpc) is 2.86. The van der Waals surface area contributed by atoms with E-state index in [4.69, 9.17) is 0 Å². The van der Waals surface area contributed by atoms with Crippen LogP contribution >= 0.6 is 0 Å². The van der Waals surface area contributed by atoms with Crippen LogP contribution in [0.15, 0.2) is 53.4 Å². The van der Waals surface area contributed by atoms with Gasteiger partial charge in [-0.1, -0.05) is 30.3 Å². The number of benzene rings is 2. The van der Waals surface area contributed by atoms with Crippen LogP contribution in [0.2, 0.25) is 0 Å². The molecule has 1 atom stereocenters. The number of sulfonamides is 1. The molecule has 4 rings (SSSR count). The number of carbonyl (C=O) groups excluding carboxylic acids is 1. The van der Waals surface area contributed by atoms with E-state index in [1.165, 1.54) is 10.4 Å². The molecule has 2 aromatic carbocycles. The van der Waals surface area contributed by atoms with Crippen molar-refractivity contribution in [2.75, 3.05) is 24.2 Å². The lowest BCUT2D eigenvalue weighted by Gasteiger charge is -2.22. The maximum atomic E-state index is 13.2. The molecule has 1 unspecified atom stereocenters. The third-order valence-corrected chi connectivity index (χ3v) is 9.50. The van der Waals surface area contributed by atoms with Crippen molar-refractivity contribution in [3.8, 4) is 0 Å². The summed E-state index contributed by atoms with van der Waals surface area (Å²) < 4.78 is 53.2. The molecule has 0 spiro atoms. The summed E-state index contributed by atoms with van der Waals surface area (Å²) in [5, 5.41) is 2.03. The van der Waals surface area contributed by atoms with Gasteiger partial charge in [-0.15, -0.1) is 0 Å². The van der Waals surface area contributed by atoms with Crippen LogP contribution < -0.4 is 5.32 Å². The van der Waals surface area contributed by atoms with Gasteiger partial charge in [-0.25, -0.2) is 16.8 Å². The zero-order valence-corrected chi connectivity index (χ0v) is 17.4. The van der Waals surface area contributed by atoms with Crippen molar-refractivity contribution in [1.82, 2.24) is 4.31 Å². The summed E-state index contributed by atoms with van der Waals surface area (Å²) in [6.07, 6.45) is 1.01. The van der Waals surface area contributed by atoms with Gasteiger partial charge in [0.1, 0.15) is 0 Å². The fourth-order valence-electron chi connectivity index (χ4n) is 3.88. The summed E-state index contributed by atoms with van der Waals surface area (Å²) in [5.41, 5.74) is 2.09. The smallest absolute Gasteiger partial charge is 0.243 e. The topological polar surface area (TPSA) is 101 Å². The number of sulfone groups is 1. The first-order chi connectivity index (χ1) is 13.8. The zero-order chi connectivity index (χ0) is 20.6. The van der Waals surface area contributed by atoms with Gasteiger partial charge in [0.15, 0.2) is 9.84 Å². The van der Waals surface area contributed by atoms with Crippen LogP contribution in [0.3, 0.4) is 0 Å². The molecule has 0 radical (unpaired) electrons. The van der Waals surface area contributed by atoms with Crippen LogP contribution in [-0.2, 0) is 31.1 Å². The molecular weight excluding hydrogens is 412 g/mol. The van der Waals surface area contributed by atoms with Gasteiger partial charge in [0.05, 0.1) is 15.9 Å². The summed E-state index contributed by atoms with van der Waals surface area (Å²) in [4.78, 5) is 11.6. The maximum Gasteiger partial charge on any atom is 0.243 e. The van der Waals surface area contributed by atoms with Gasteiger partial charge < -0.3 is 5.32 Å². The van der Waals surface area contributed by atoms with Gasteiger partial charge in [-0.3, -0.25) is 4.79 Å². The minimum atomic E-state index is -3.83.